The van der Waals surface area contributed by atoms with Crippen LogP contribution in [0, 0.1) is 0 Å². The lowest BCUT2D eigenvalue weighted by Crippen LogP contribution is -2.28. The molecule has 0 saturated carbocycles. The van der Waals surface area contributed by atoms with E-state index < -0.39 is 6.10 Å². The van der Waals surface area contributed by atoms with Crippen LogP contribution < -0.4 is 5.32 Å². The lowest BCUT2D eigenvalue weighted by Gasteiger charge is -2.14. The average molecular weight is 327 g/mol. The fourth-order valence-corrected chi connectivity index (χ4v) is 3.22. The van der Waals surface area contributed by atoms with Gasteiger partial charge in [-0.05, 0) is 43.1 Å². The van der Waals surface area contributed by atoms with Gasteiger partial charge in [-0.1, -0.05) is 28.4 Å². The third kappa shape index (κ3) is 3.58. The number of aromatic nitrogens is 1. The van der Waals surface area contributed by atoms with Crippen LogP contribution in [-0.4, -0.2) is 22.8 Å². The molecule has 1 aliphatic rings. The molecule has 2 heterocycles. The molecule has 1 fully saturated rings. The summed E-state index contributed by atoms with van der Waals surface area (Å²) in [5.74, 6) is 0.681. The Balaban J connectivity index is 1.72. The zero-order chi connectivity index (χ0) is 14.8. The van der Waals surface area contributed by atoms with Gasteiger partial charge < -0.3 is 14.9 Å². The summed E-state index contributed by atoms with van der Waals surface area (Å²) in [5, 5.41) is 18.7. The van der Waals surface area contributed by atoms with Gasteiger partial charge in [-0.25, -0.2) is 0 Å². The van der Waals surface area contributed by atoms with Crippen molar-refractivity contribution in [2.75, 3.05) is 6.54 Å². The van der Waals surface area contributed by atoms with Gasteiger partial charge in [0.15, 0.2) is 0 Å². The quantitative estimate of drug-likeness (QED) is 0.904. The molecule has 0 amide bonds. The molecule has 3 rings (SSSR count). The molecule has 0 spiro atoms. The molecule has 0 aliphatic carbocycles. The van der Waals surface area contributed by atoms with E-state index in [0.717, 1.165) is 24.9 Å². The highest BCUT2D eigenvalue weighted by Gasteiger charge is 2.26. The first kappa shape index (κ1) is 14.9. The maximum Gasteiger partial charge on any atom is 0.141 e. The maximum absolute atomic E-state index is 10.3. The van der Waals surface area contributed by atoms with Crippen LogP contribution >= 0.6 is 23.2 Å². The molecule has 2 N–H and O–H groups in total. The number of aliphatic hydroxyl groups is 1. The fourth-order valence-electron chi connectivity index (χ4n) is 2.65. The van der Waals surface area contributed by atoms with Gasteiger partial charge in [0.2, 0.25) is 0 Å². The third-order valence-electron chi connectivity index (χ3n) is 3.66. The van der Waals surface area contributed by atoms with Gasteiger partial charge >= 0.3 is 0 Å². The van der Waals surface area contributed by atoms with E-state index in [-0.39, 0.29) is 6.04 Å². The minimum Gasteiger partial charge on any atom is -0.385 e. The Morgan fingerprint density at radius 3 is 2.71 bits per heavy atom. The first-order valence-corrected chi connectivity index (χ1v) is 7.69. The molecule has 21 heavy (non-hydrogen) atoms. The summed E-state index contributed by atoms with van der Waals surface area (Å²) in [7, 11) is 0. The molecule has 4 nitrogen and oxygen atoms in total. The lowest BCUT2D eigenvalue weighted by atomic mass is 10.1. The average Bonchev–Trinajstić information content (AvgIpc) is 3.07. The van der Waals surface area contributed by atoms with Crippen molar-refractivity contribution >= 4 is 23.2 Å². The molecule has 1 saturated heterocycles. The second-order valence-electron chi connectivity index (χ2n) is 5.32. The van der Waals surface area contributed by atoms with Crippen LogP contribution in [0.2, 0.25) is 10.0 Å². The number of aliphatic hydroxyl groups excluding tert-OH is 1. The van der Waals surface area contributed by atoms with Crippen LogP contribution in [0.25, 0.3) is 0 Å². The summed E-state index contributed by atoms with van der Waals surface area (Å²) in [6.07, 6.45) is 1.94. The van der Waals surface area contributed by atoms with E-state index in [1.54, 1.807) is 12.1 Å². The van der Waals surface area contributed by atoms with Crippen molar-refractivity contribution in [2.24, 2.45) is 0 Å². The molecule has 2 aromatic rings. The van der Waals surface area contributed by atoms with Crippen LogP contribution in [0.1, 0.15) is 36.0 Å². The van der Waals surface area contributed by atoms with E-state index in [1.807, 2.05) is 12.1 Å². The number of rotatable bonds is 4. The van der Waals surface area contributed by atoms with E-state index in [2.05, 4.69) is 10.5 Å². The Bertz CT molecular complexity index is 604. The first-order valence-electron chi connectivity index (χ1n) is 6.94. The third-order valence-corrected chi connectivity index (χ3v) is 4.10. The zero-order valence-electron chi connectivity index (χ0n) is 11.4. The SMILES string of the molecule is O[C@H](c1cc(Cc2cc(Cl)cc(Cl)c2)on1)[C@@H]1CCCN1. The highest BCUT2D eigenvalue weighted by molar-refractivity contribution is 6.34. The molecule has 0 bridgehead atoms. The van der Waals surface area contributed by atoms with E-state index in [4.69, 9.17) is 27.7 Å². The van der Waals surface area contributed by atoms with Crippen molar-refractivity contribution in [2.45, 2.75) is 31.4 Å². The molecular formula is C15H16Cl2N2O2. The Hall–Kier alpha value is -1.07. The first-order chi connectivity index (χ1) is 10.1. The van der Waals surface area contributed by atoms with Crippen molar-refractivity contribution in [3.05, 3.63) is 51.3 Å². The predicted octanol–water partition coefficient (Wildman–Crippen LogP) is 3.36. The smallest absolute Gasteiger partial charge is 0.141 e. The number of hydrogen-bond acceptors (Lipinski definition) is 4. The number of halogens is 2. The second kappa shape index (κ2) is 6.36. The largest absolute Gasteiger partial charge is 0.385 e. The molecule has 6 heteroatoms. The predicted molar refractivity (Wildman–Crippen MR) is 81.8 cm³/mol. The summed E-state index contributed by atoms with van der Waals surface area (Å²) >= 11 is 12.0. The molecular weight excluding hydrogens is 311 g/mol. The molecule has 1 aromatic heterocycles. The molecule has 112 valence electrons. The van der Waals surface area contributed by atoms with Gasteiger partial charge in [0.25, 0.3) is 0 Å². The highest BCUT2D eigenvalue weighted by atomic mass is 35.5. The Morgan fingerprint density at radius 1 is 1.29 bits per heavy atom. The number of hydrogen-bond donors (Lipinski definition) is 2. The Labute approximate surface area is 133 Å². The highest BCUT2D eigenvalue weighted by Crippen LogP contribution is 2.25. The van der Waals surface area contributed by atoms with E-state index in [1.165, 1.54) is 0 Å². The van der Waals surface area contributed by atoms with Crippen molar-refractivity contribution in [3.8, 4) is 0 Å². The molecule has 0 unspecified atom stereocenters. The van der Waals surface area contributed by atoms with E-state index in [0.29, 0.717) is 27.9 Å². The monoisotopic (exact) mass is 326 g/mol. The maximum atomic E-state index is 10.3. The van der Waals surface area contributed by atoms with Gasteiger partial charge in [-0.2, -0.15) is 0 Å². The topological polar surface area (TPSA) is 58.3 Å². The molecule has 1 aliphatic heterocycles. The molecule has 2 atom stereocenters. The summed E-state index contributed by atoms with van der Waals surface area (Å²) < 4.78 is 5.31. The molecule has 1 aromatic carbocycles. The minimum atomic E-state index is -0.632. The number of benzene rings is 1. The van der Waals surface area contributed by atoms with Crippen molar-refractivity contribution in [1.29, 1.82) is 0 Å². The fraction of sp³-hybridized carbons (Fsp3) is 0.400. The van der Waals surface area contributed by atoms with Gasteiger partial charge in [0, 0.05) is 28.6 Å². The van der Waals surface area contributed by atoms with Gasteiger partial charge in [0.1, 0.15) is 17.6 Å². The summed E-state index contributed by atoms with van der Waals surface area (Å²) in [5.41, 5.74) is 1.52. The van der Waals surface area contributed by atoms with Crippen molar-refractivity contribution < 1.29 is 9.63 Å². The van der Waals surface area contributed by atoms with Crippen LogP contribution in [0.4, 0.5) is 0 Å². The van der Waals surface area contributed by atoms with Crippen molar-refractivity contribution in [3.63, 3.8) is 0 Å². The van der Waals surface area contributed by atoms with Crippen LogP contribution in [0.3, 0.4) is 0 Å². The summed E-state index contributed by atoms with van der Waals surface area (Å²) in [4.78, 5) is 0. The lowest BCUT2D eigenvalue weighted by molar-refractivity contribution is 0.128. The van der Waals surface area contributed by atoms with Crippen molar-refractivity contribution in [1.82, 2.24) is 10.5 Å². The molecule has 0 radical (unpaired) electrons. The van der Waals surface area contributed by atoms with Gasteiger partial charge in [-0.15, -0.1) is 0 Å². The van der Waals surface area contributed by atoms with Crippen LogP contribution in [0.5, 0.6) is 0 Å². The Morgan fingerprint density at radius 2 is 2.05 bits per heavy atom. The number of nitrogens with one attached hydrogen (secondary N) is 1. The summed E-state index contributed by atoms with van der Waals surface area (Å²) in [6, 6.07) is 7.21. The normalized spacial score (nSPS) is 19.9. The standard InChI is InChI=1S/C15H16Cl2N2O2/c16-10-4-9(5-11(17)7-10)6-12-8-14(19-21-12)15(20)13-2-1-3-18-13/h4-5,7-8,13,15,18,20H,1-3,6H2/t13-,15-/m0/s1. The van der Waals surface area contributed by atoms with Gasteiger partial charge in [-0.3, -0.25) is 0 Å². The zero-order valence-corrected chi connectivity index (χ0v) is 12.9. The Kier molecular flexibility index (Phi) is 4.50. The van der Waals surface area contributed by atoms with E-state index in [9.17, 15) is 5.11 Å². The van der Waals surface area contributed by atoms with Gasteiger partial charge in [0.05, 0.1) is 0 Å². The minimum absolute atomic E-state index is 0.0589. The summed E-state index contributed by atoms with van der Waals surface area (Å²) in [6.45, 7) is 0.938. The van der Waals surface area contributed by atoms with Crippen LogP contribution in [0.15, 0.2) is 28.8 Å². The number of nitrogens with zero attached hydrogens (tertiary/aromatic N) is 1. The van der Waals surface area contributed by atoms with Crippen LogP contribution in [-0.2, 0) is 6.42 Å². The second-order valence-corrected chi connectivity index (χ2v) is 6.19. The van der Waals surface area contributed by atoms with E-state index >= 15 is 0 Å².